The van der Waals surface area contributed by atoms with Crippen molar-refractivity contribution in [3.63, 3.8) is 0 Å². The summed E-state index contributed by atoms with van der Waals surface area (Å²) < 4.78 is 7.56. The largest absolute Gasteiger partial charge is 0.360 e. The first-order valence-electron chi connectivity index (χ1n) is 9.01. The molecule has 1 saturated heterocycles. The third-order valence-corrected chi connectivity index (χ3v) is 5.55. The predicted octanol–water partition coefficient (Wildman–Crippen LogP) is 3.51. The monoisotopic (exact) mass is 369 g/mol. The van der Waals surface area contributed by atoms with Crippen LogP contribution < -0.4 is 0 Å². The summed E-state index contributed by atoms with van der Waals surface area (Å²) in [6, 6.07) is 12.5. The molecule has 0 radical (unpaired) electrons. The van der Waals surface area contributed by atoms with E-state index in [9.17, 15) is 0 Å². The summed E-state index contributed by atoms with van der Waals surface area (Å²) in [7, 11) is 0. The van der Waals surface area contributed by atoms with Gasteiger partial charge >= 0.3 is 0 Å². The number of rotatable bonds is 7. The quantitative estimate of drug-likeness (QED) is 0.594. The fourth-order valence-electron chi connectivity index (χ4n) is 3.23. The molecule has 136 valence electrons. The van der Waals surface area contributed by atoms with E-state index < -0.39 is 0 Å². The highest BCUT2D eigenvalue weighted by Crippen LogP contribution is 2.24. The first kappa shape index (κ1) is 17.3. The van der Waals surface area contributed by atoms with Crippen molar-refractivity contribution in [1.29, 1.82) is 0 Å². The van der Waals surface area contributed by atoms with Crippen molar-refractivity contribution < 1.29 is 4.52 Å². The van der Waals surface area contributed by atoms with Crippen LogP contribution in [0, 0.1) is 6.92 Å². The summed E-state index contributed by atoms with van der Waals surface area (Å²) in [5.41, 5.74) is 2.16. The predicted molar refractivity (Wildman–Crippen MR) is 101 cm³/mol. The molecule has 1 aliphatic rings. The lowest BCUT2D eigenvalue weighted by atomic mass is 10.2. The van der Waals surface area contributed by atoms with Crippen LogP contribution in [0.1, 0.15) is 35.7 Å². The van der Waals surface area contributed by atoms with Gasteiger partial charge in [-0.05, 0) is 38.4 Å². The molecular weight excluding hydrogens is 346 g/mol. The number of hydrogen-bond donors (Lipinski definition) is 0. The molecule has 3 heterocycles. The van der Waals surface area contributed by atoms with E-state index in [4.69, 9.17) is 4.52 Å². The van der Waals surface area contributed by atoms with Crippen LogP contribution in [0.4, 0.5) is 0 Å². The Hall–Kier alpha value is -2.12. The number of aryl methyl sites for hydroxylation is 1. The maximum absolute atomic E-state index is 5.32. The van der Waals surface area contributed by atoms with Gasteiger partial charge < -0.3 is 9.09 Å². The van der Waals surface area contributed by atoms with E-state index in [1.165, 1.54) is 18.4 Å². The van der Waals surface area contributed by atoms with E-state index in [1.54, 1.807) is 11.8 Å². The number of thioether (sulfide) groups is 1. The summed E-state index contributed by atoms with van der Waals surface area (Å²) >= 11 is 1.65. The van der Waals surface area contributed by atoms with Gasteiger partial charge in [-0.3, -0.25) is 4.90 Å². The second-order valence-corrected chi connectivity index (χ2v) is 7.62. The van der Waals surface area contributed by atoms with Gasteiger partial charge in [-0.2, -0.15) is 0 Å². The SMILES string of the molecule is Cc1cc(CSc2nnc(CN3CCCC3)n2Cc2ccccc2)on1. The van der Waals surface area contributed by atoms with Gasteiger partial charge in [-0.1, -0.05) is 47.3 Å². The third kappa shape index (κ3) is 4.16. The summed E-state index contributed by atoms with van der Waals surface area (Å²) in [6.07, 6.45) is 2.55. The Labute approximate surface area is 157 Å². The van der Waals surface area contributed by atoms with E-state index in [2.05, 4.69) is 49.1 Å². The Balaban J connectivity index is 1.54. The highest BCUT2D eigenvalue weighted by molar-refractivity contribution is 7.98. The molecule has 3 aromatic rings. The molecule has 7 heteroatoms. The molecule has 4 rings (SSSR count). The van der Waals surface area contributed by atoms with Crippen LogP contribution in [0.25, 0.3) is 0 Å². The van der Waals surface area contributed by atoms with Crippen LogP contribution in [0.3, 0.4) is 0 Å². The van der Waals surface area contributed by atoms with E-state index in [1.807, 2.05) is 19.1 Å². The van der Waals surface area contributed by atoms with Gasteiger partial charge in [-0.25, -0.2) is 0 Å². The Morgan fingerprint density at radius 1 is 1.08 bits per heavy atom. The first-order valence-corrected chi connectivity index (χ1v) is 10.00. The maximum atomic E-state index is 5.32. The molecule has 0 saturated carbocycles. The molecule has 0 unspecified atom stereocenters. The van der Waals surface area contributed by atoms with Crippen LogP contribution in [0.2, 0.25) is 0 Å². The number of likely N-dealkylation sites (tertiary alicyclic amines) is 1. The molecule has 0 N–H and O–H groups in total. The van der Waals surface area contributed by atoms with Crippen molar-refractivity contribution in [2.75, 3.05) is 13.1 Å². The number of benzene rings is 1. The average molecular weight is 369 g/mol. The van der Waals surface area contributed by atoms with Gasteiger partial charge in [0.05, 0.1) is 24.5 Å². The summed E-state index contributed by atoms with van der Waals surface area (Å²) in [5, 5.41) is 13.8. The van der Waals surface area contributed by atoms with Crippen LogP contribution in [-0.2, 0) is 18.8 Å². The van der Waals surface area contributed by atoms with Gasteiger partial charge in [0, 0.05) is 6.07 Å². The molecule has 1 aromatic carbocycles. The van der Waals surface area contributed by atoms with Gasteiger partial charge in [-0.15, -0.1) is 10.2 Å². The zero-order chi connectivity index (χ0) is 17.8. The smallest absolute Gasteiger partial charge is 0.192 e. The van der Waals surface area contributed by atoms with Gasteiger partial charge in [0.2, 0.25) is 0 Å². The molecule has 0 atom stereocenters. The fraction of sp³-hybridized carbons (Fsp3) is 0.421. The standard InChI is InChI=1S/C19H23N5OS/c1-15-11-17(25-22-15)14-26-19-21-20-18(13-23-9-5-6-10-23)24(19)12-16-7-3-2-4-8-16/h2-4,7-8,11H,5-6,9-10,12-14H2,1H3. The Kier molecular flexibility index (Phi) is 5.36. The second-order valence-electron chi connectivity index (χ2n) is 6.68. The maximum Gasteiger partial charge on any atom is 0.192 e. The number of aromatic nitrogens is 4. The molecule has 6 nitrogen and oxygen atoms in total. The van der Waals surface area contributed by atoms with Gasteiger partial charge in [0.1, 0.15) is 11.6 Å². The Morgan fingerprint density at radius 2 is 1.88 bits per heavy atom. The minimum Gasteiger partial charge on any atom is -0.360 e. The van der Waals surface area contributed by atoms with Crippen LogP contribution in [0.5, 0.6) is 0 Å². The van der Waals surface area contributed by atoms with Gasteiger partial charge in [0.25, 0.3) is 0 Å². The van der Waals surface area contributed by atoms with Gasteiger partial charge in [0.15, 0.2) is 5.16 Å². The zero-order valence-electron chi connectivity index (χ0n) is 15.0. The molecular formula is C19H23N5OS. The van der Waals surface area contributed by atoms with Crippen molar-refractivity contribution in [3.05, 3.63) is 59.2 Å². The van der Waals surface area contributed by atoms with E-state index >= 15 is 0 Å². The van der Waals surface area contributed by atoms with Crippen LogP contribution in [0.15, 0.2) is 46.1 Å². The molecule has 0 amide bonds. The highest BCUT2D eigenvalue weighted by Gasteiger charge is 2.19. The molecule has 0 aliphatic carbocycles. The molecule has 0 spiro atoms. The lowest BCUT2D eigenvalue weighted by molar-refractivity contribution is 0.316. The van der Waals surface area contributed by atoms with E-state index in [-0.39, 0.29) is 0 Å². The second kappa shape index (κ2) is 8.05. The van der Waals surface area contributed by atoms with Crippen LogP contribution >= 0.6 is 11.8 Å². The topological polar surface area (TPSA) is 60.0 Å². The van der Waals surface area contributed by atoms with Crippen LogP contribution in [-0.4, -0.2) is 37.9 Å². The molecule has 1 aliphatic heterocycles. The third-order valence-electron chi connectivity index (χ3n) is 4.56. The van der Waals surface area contributed by atoms with E-state index in [0.717, 1.165) is 48.6 Å². The summed E-state index contributed by atoms with van der Waals surface area (Å²) in [6.45, 7) is 5.89. The number of nitrogens with zero attached hydrogens (tertiary/aromatic N) is 5. The average Bonchev–Trinajstić information content (AvgIpc) is 3.38. The highest BCUT2D eigenvalue weighted by atomic mass is 32.2. The molecule has 2 aromatic heterocycles. The minimum atomic E-state index is 0.706. The number of hydrogen-bond acceptors (Lipinski definition) is 6. The molecule has 0 bridgehead atoms. The summed E-state index contributed by atoms with van der Waals surface area (Å²) in [4.78, 5) is 2.46. The lowest BCUT2D eigenvalue weighted by Crippen LogP contribution is -2.21. The van der Waals surface area contributed by atoms with Crippen molar-refractivity contribution in [2.24, 2.45) is 0 Å². The zero-order valence-corrected chi connectivity index (χ0v) is 15.8. The Bertz CT molecular complexity index is 839. The van der Waals surface area contributed by atoms with Crippen molar-refractivity contribution in [1.82, 2.24) is 24.8 Å². The van der Waals surface area contributed by atoms with Crippen molar-refractivity contribution in [3.8, 4) is 0 Å². The van der Waals surface area contributed by atoms with E-state index in [0.29, 0.717) is 5.75 Å². The lowest BCUT2D eigenvalue weighted by Gasteiger charge is -2.16. The normalized spacial score (nSPS) is 15.0. The molecule has 26 heavy (non-hydrogen) atoms. The van der Waals surface area contributed by atoms with Crippen molar-refractivity contribution in [2.45, 2.75) is 43.8 Å². The van der Waals surface area contributed by atoms with Crippen molar-refractivity contribution >= 4 is 11.8 Å². The Morgan fingerprint density at radius 3 is 2.62 bits per heavy atom. The first-order chi connectivity index (χ1) is 12.8. The minimum absolute atomic E-state index is 0.706. The molecule has 1 fully saturated rings. The fourth-order valence-corrected chi connectivity index (χ4v) is 4.06. The summed E-state index contributed by atoms with van der Waals surface area (Å²) in [5.74, 6) is 2.60.